The molecule has 0 aromatic heterocycles. The molecule has 0 radical (unpaired) electrons. The number of amides is 1. The van der Waals surface area contributed by atoms with Crippen LogP contribution in [-0.4, -0.2) is 55.4 Å². The number of morpholine rings is 1. The third-order valence-corrected chi connectivity index (χ3v) is 4.39. The third-order valence-electron chi connectivity index (χ3n) is 3.38. The molecule has 0 bridgehead atoms. The molecule has 1 fully saturated rings. The molecule has 2 rings (SSSR count). The Hall–Kier alpha value is -1.04. The number of nitrogens with one attached hydrogen (secondary N) is 1. The number of hydrogen-bond donors (Lipinski definition) is 1. The van der Waals surface area contributed by atoms with Crippen molar-refractivity contribution in [3.63, 3.8) is 0 Å². The lowest BCUT2D eigenvalue weighted by molar-refractivity contribution is -0.118. The molecule has 4 nitrogen and oxygen atoms in total. The fourth-order valence-electron chi connectivity index (χ4n) is 2.13. The summed E-state index contributed by atoms with van der Waals surface area (Å²) in [5.41, 5.74) is 0. The fraction of sp³-hybridized carbons (Fsp3) is 0.533. The van der Waals surface area contributed by atoms with E-state index in [1.54, 1.807) is 11.8 Å². The second kappa shape index (κ2) is 8.29. The van der Waals surface area contributed by atoms with E-state index < -0.39 is 0 Å². The van der Waals surface area contributed by atoms with Crippen molar-refractivity contribution >= 4 is 17.7 Å². The van der Waals surface area contributed by atoms with Crippen molar-refractivity contribution in [3.8, 4) is 0 Å². The third kappa shape index (κ3) is 5.15. The van der Waals surface area contributed by atoms with Crippen LogP contribution in [0.5, 0.6) is 0 Å². The van der Waals surface area contributed by atoms with Crippen LogP contribution in [0.1, 0.15) is 6.92 Å². The summed E-state index contributed by atoms with van der Waals surface area (Å²) in [6, 6.07) is 10.4. The van der Waals surface area contributed by atoms with Gasteiger partial charge in [-0.15, -0.1) is 11.8 Å². The first-order valence-corrected chi connectivity index (χ1v) is 8.00. The molecule has 1 atom stereocenters. The zero-order valence-corrected chi connectivity index (χ0v) is 12.7. The van der Waals surface area contributed by atoms with Gasteiger partial charge in [0.1, 0.15) is 0 Å². The van der Waals surface area contributed by atoms with E-state index in [9.17, 15) is 4.79 Å². The Bertz CT molecular complexity index is 408. The van der Waals surface area contributed by atoms with Crippen molar-refractivity contribution in [1.29, 1.82) is 0 Å². The lowest BCUT2D eigenvalue weighted by atomic mass is 10.2. The first-order valence-electron chi connectivity index (χ1n) is 7.02. The normalized spacial score (nSPS) is 17.6. The molecule has 1 amide bonds. The summed E-state index contributed by atoms with van der Waals surface area (Å²) in [4.78, 5) is 15.3. The number of thioether (sulfide) groups is 1. The molecule has 1 aliphatic heterocycles. The molecule has 0 saturated carbocycles. The van der Waals surface area contributed by atoms with Crippen molar-refractivity contribution < 1.29 is 9.53 Å². The van der Waals surface area contributed by atoms with Gasteiger partial charge < -0.3 is 10.1 Å². The lowest BCUT2D eigenvalue weighted by Crippen LogP contribution is -2.47. The molecule has 5 heteroatoms. The van der Waals surface area contributed by atoms with Gasteiger partial charge in [-0.1, -0.05) is 18.2 Å². The molecule has 0 unspecified atom stereocenters. The number of ether oxygens (including phenoxy) is 1. The second-order valence-corrected chi connectivity index (χ2v) is 5.95. The standard InChI is InChI=1S/C15H22N2O2S/c1-13(17-7-9-19-10-8-17)11-16-15(18)12-20-14-5-3-2-4-6-14/h2-6,13H,7-12H2,1H3,(H,16,18)/t13-/m1/s1. The van der Waals surface area contributed by atoms with E-state index in [2.05, 4.69) is 17.1 Å². The maximum atomic E-state index is 11.8. The van der Waals surface area contributed by atoms with Crippen LogP contribution in [0, 0.1) is 0 Å². The zero-order chi connectivity index (χ0) is 14.2. The van der Waals surface area contributed by atoms with Gasteiger partial charge in [0, 0.05) is 30.6 Å². The SMILES string of the molecule is C[C@H](CNC(=O)CSc1ccccc1)N1CCOCC1. The monoisotopic (exact) mass is 294 g/mol. The van der Waals surface area contributed by atoms with Crippen LogP contribution in [0.2, 0.25) is 0 Å². The molecule has 1 N–H and O–H groups in total. The summed E-state index contributed by atoms with van der Waals surface area (Å²) in [6.45, 7) is 6.35. The molecule has 0 spiro atoms. The average molecular weight is 294 g/mol. The van der Waals surface area contributed by atoms with Gasteiger partial charge >= 0.3 is 0 Å². The highest BCUT2D eigenvalue weighted by atomic mass is 32.2. The Balaban J connectivity index is 1.64. The van der Waals surface area contributed by atoms with Crippen LogP contribution < -0.4 is 5.32 Å². The van der Waals surface area contributed by atoms with Gasteiger partial charge in [0.15, 0.2) is 0 Å². The summed E-state index contributed by atoms with van der Waals surface area (Å²) in [6.07, 6.45) is 0. The Kier molecular flexibility index (Phi) is 6.36. The van der Waals surface area contributed by atoms with Crippen molar-refractivity contribution in [3.05, 3.63) is 30.3 Å². The van der Waals surface area contributed by atoms with E-state index in [-0.39, 0.29) is 5.91 Å². The molecule has 0 aliphatic carbocycles. The van der Waals surface area contributed by atoms with E-state index in [1.165, 1.54) is 0 Å². The lowest BCUT2D eigenvalue weighted by Gasteiger charge is -2.32. The minimum atomic E-state index is 0.0963. The average Bonchev–Trinajstić information content (AvgIpc) is 2.52. The van der Waals surface area contributed by atoms with Gasteiger partial charge in [0.05, 0.1) is 19.0 Å². The van der Waals surface area contributed by atoms with Crippen LogP contribution in [0.25, 0.3) is 0 Å². The van der Waals surface area contributed by atoms with Gasteiger partial charge in [-0.2, -0.15) is 0 Å². The Labute approximate surface area is 124 Å². The minimum absolute atomic E-state index is 0.0963. The first-order chi connectivity index (χ1) is 9.75. The van der Waals surface area contributed by atoms with E-state index in [4.69, 9.17) is 4.74 Å². The second-order valence-electron chi connectivity index (χ2n) is 4.90. The maximum Gasteiger partial charge on any atom is 0.230 e. The highest BCUT2D eigenvalue weighted by Gasteiger charge is 2.17. The molecule has 1 aromatic carbocycles. The summed E-state index contributed by atoms with van der Waals surface area (Å²) >= 11 is 1.57. The molecule has 1 saturated heterocycles. The molecule has 1 aliphatic rings. The van der Waals surface area contributed by atoms with Crippen molar-refractivity contribution in [2.24, 2.45) is 0 Å². The highest BCUT2D eigenvalue weighted by molar-refractivity contribution is 8.00. The van der Waals surface area contributed by atoms with Gasteiger partial charge in [0.2, 0.25) is 5.91 Å². The topological polar surface area (TPSA) is 41.6 Å². The number of rotatable bonds is 6. The maximum absolute atomic E-state index is 11.8. The van der Waals surface area contributed by atoms with Gasteiger partial charge in [-0.05, 0) is 19.1 Å². The Morgan fingerprint density at radius 1 is 1.35 bits per heavy atom. The quantitative estimate of drug-likeness (QED) is 0.810. The van der Waals surface area contributed by atoms with Gasteiger partial charge in [-0.25, -0.2) is 0 Å². The molecular weight excluding hydrogens is 272 g/mol. The smallest absolute Gasteiger partial charge is 0.230 e. The Morgan fingerprint density at radius 2 is 2.05 bits per heavy atom. The van der Waals surface area contributed by atoms with E-state index in [0.29, 0.717) is 18.3 Å². The highest BCUT2D eigenvalue weighted by Crippen LogP contribution is 2.16. The van der Waals surface area contributed by atoms with Crippen LogP contribution in [0.3, 0.4) is 0 Å². The van der Waals surface area contributed by atoms with Crippen LogP contribution in [0.15, 0.2) is 35.2 Å². The molecule has 20 heavy (non-hydrogen) atoms. The largest absolute Gasteiger partial charge is 0.379 e. The summed E-state index contributed by atoms with van der Waals surface area (Å²) in [5, 5.41) is 3.01. The first kappa shape index (κ1) is 15.4. The molecule has 1 aromatic rings. The van der Waals surface area contributed by atoms with Crippen molar-refractivity contribution in [1.82, 2.24) is 10.2 Å². The Morgan fingerprint density at radius 3 is 2.75 bits per heavy atom. The molecule has 1 heterocycles. The number of nitrogens with zero attached hydrogens (tertiary/aromatic N) is 1. The number of carbonyl (C=O) groups is 1. The molecule has 110 valence electrons. The predicted molar refractivity (Wildman–Crippen MR) is 82.0 cm³/mol. The minimum Gasteiger partial charge on any atom is -0.379 e. The summed E-state index contributed by atoms with van der Waals surface area (Å²) < 4.78 is 5.33. The van der Waals surface area contributed by atoms with Crippen molar-refractivity contribution in [2.45, 2.75) is 17.9 Å². The van der Waals surface area contributed by atoms with E-state index in [1.807, 2.05) is 30.3 Å². The van der Waals surface area contributed by atoms with Gasteiger partial charge in [0.25, 0.3) is 0 Å². The summed E-state index contributed by atoms with van der Waals surface area (Å²) in [7, 11) is 0. The number of benzene rings is 1. The van der Waals surface area contributed by atoms with E-state index in [0.717, 1.165) is 31.2 Å². The number of hydrogen-bond acceptors (Lipinski definition) is 4. The van der Waals surface area contributed by atoms with E-state index >= 15 is 0 Å². The predicted octanol–water partition coefficient (Wildman–Crippen LogP) is 1.62. The fourth-order valence-corrected chi connectivity index (χ4v) is 2.87. The zero-order valence-electron chi connectivity index (χ0n) is 11.9. The van der Waals surface area contributed by atoms with Crippen LogP contribution in [-0.2, 0) is 9.53 Å². The van der Waals surface area contributed by atoms with Gasteiger partial charge in [-0.3, -0.25) is 9.69 Å². The van der Waals surface area contributed by atoms with Crippen LogP contribution in [0.4, 0.5) is 0 Å². The number of carbonyl (C=O) groups excluding carboxylic acids is 1. The van der Waals surface area contributed by atoms with Crippen LogP contribution >= 0.6 is 11.8 Å². The summed E-state index contributed by atoms with van der Waals surface area (Å²) in [5.74, 6) is 0.568. The van der Waals surface area contributed by atoms with Crippen molar-refractivity contribution in [2.75, 3.05) is 38.6 Å². The molecular formula is C15H22N2O2S.